The average molecular weight is 390 g/mol. The minimum absolute atomic E-state index is 0.00183. The maximum atomic E-state index is 12.5. The van der Waals surface area contributed by atoms with Gasteiger partial charge in [0.1, 0.15) is 0 Å². The van der Waals surface area contributed by atoms with Gasteiger partial charge in [-0.3, -0.25) is 0 Å². The van der Waals surface area contributed by atoms with Crippen molar-refractivity contribution >= 4 is 21.6 Å². The zero-order valence-corrected chi connectivity index (χ0v) is 15.3. The Hall–Kier alpha value is -2.22. The highest BCUT2D eigenvalue weighted by atomic mass is 35.5. The fraction of sp³-hybridized carbons (Fsp3) is 0.222. The van der Waals surface area contributed by atoms with Gasteiger partial charge in [-0.1, -0.05) is 59.2 Å². The van der Waals surface area contributed by atoms with Gasteiger partial charge in [-0.25, -0.2) is 8.42 Å². The second-order valence-electron chi connectivity index (χ2n) is 6.22. The summed E-state index contributed by atoms with van der Waals surface area (Å²) in [6.45, 7) is 0.707. The summed E-state index contributed by atoms with van der Waals surface area (Å²) in [4.78, 5) is 4.39. The first kappa shape index (κ1) is 17.2. The van der Waals surface area contributed by atoms with Crippen molar-refractivity contribution in [1.82, 2.24) is 14.4 Å². The molecular formula is C18H16ClN3O3S. The number of benzene rings is 2. The van der Waals surface area contributed by atoms with E-state index in [9.17, 15) is 8.42 Å². The molecule has 1 aliphatic heterocycles. The van der Waals surface area contributed by atoms with Gasteiger partial charge in [0, 0.05) is 23.7 Å². The third-order valence-corrected chi connectivity index (χ3v) is 6.33. The van der Waals surface area contributed by atoms with Gasteiger partial charge in [0.15, 0.2) is 0 Å². The van der Waals surface area contributed by atoms with Crippen LogP contribution in [-0.4, -0.2) is 36.0 Å². The highest BCUT2D eigenvalue weighted by Crippen LogP contribution is 2.31. The monoisotopic (exact) mass is 389 g/mol. The number of hydrogen-bond donors (Lipinski definition) is 0. The molecule has 0 spiro atoms. The lowest BCUT2D eigenvalue weighted by molar-refractivity contribution is 0.216. The lowest BCUT2D eigenvalue weighted by Crippen LogP contribution is -2.48. The van der Waals surface area contributed by atoms with Crippen LogP contribution in [0.3, 0.4) is 0 Å². The molecule has 0 amide bonds. The SMILES string of the molecule is O=S(=O)(Cc1ccccc1)N1CC(c2nc(-c3cccc(Cl)c3)no2)C1. The van der Waals surface area contributed by atoms with Crippen molar-refractivity contribution in [3.63, 3.8) is 0 Å². The number of halogens is 1. The van der Waals surface area contributed by atoms with E-state index in [1.54, 1.807) is 12.1 Å². The van der Waals surface area contributed by atoms with Gasteiger partial charge in [0.05, 0.1) is 11.7 Å². The highest BCUT2D eigenvalue weighted by Gasteiger charge is 2.39. The molecule has 0 bridgehead atoms. The summed E-state index contributed by atoms with van der Waals surface area (Å²) in [6.07, 6.45) is 0. The average Bonchev–Trinajstić information content (AvgIpc) is 3.03. The smallest absolute Gasteiger partial charge is 0.232 e. The van der Waals surface area contributed by atoms with Crippen LogP contribution in [-0.2, 0) is 15.8 Å². The van der Waals surface area contributed by atoms with Gasteiger partial charge < -0.3 is 4.52 Å². The number of hydrogen-bond acceptors (Lipinski definition) is 5. The molecule has 0 unspecified atom stereocenters. The lowest BCUT2D eigenvalue weighted by Gasteiger charge is -2.35. The Bertz CT molecular complexity index is 1010. The van der Waals surface area contributed by atoms with Crippen LogP contribution >= 0.6 is 11.6 Å². The van der Waals surface area contributed by atoms with Crippen molar-refractivity contribution in [2.45, 2.75) is 11.7 Å². The van der Waals surface area contributed by atoms with Gasteiger partial charge in [-0.2, -0.15) is 9.29 Å². The summed E-state index contributed by atoms with van der Waals surface area (Å²) < 4.78 is 31.7. The Morgan fingerprint density at radius 1 is 1.12 bits per heavy atom. The van der Waals surface area contributed by atoms with Crippen molar-refractivity contribution in [1.29, 1.82) is 0 Å². The fourth-order valence-corrected chi connectivity index (χ4v) is 4.64. The first-order chi connectivity index (χ1) is 12.5. The van der Waals surface area contributed by atoms with E-state index >= 15 is 0 Å². The van der Waals surface area contributed by atoms with Crippen LogP contribution < -0.4 is 0 Å². The van der Waals surface area contributed by atoms with Gasteiger partial charge in [0.25, 0.3) is 0 Å². The number of nitrogens with zero attached hydrogens (tertiary/aromatic N) is 3. The van der Waals surface area contributed by atoms with Crippen LogP contribution in [0.2, 0.25) is 5.02 Å². The van der Waals surface area contributed by atoms with Crippen LogP contribution in [0.1, 0.15) is 17.4 Å². The Morgan fingerprint density at radius 2 is 1.88 bits per heavy atom. The molecule has 0 atom stereocenters. The molecule has 1 aliphatic rings. The molecule has 8 heteroatoms. The highest BCUT2D eigenvalue weighted by molar-refractivity contribution is 7.88. The second kappa shape index (κ2) is 6.83. The second-order valence-corrected chi connectivity index (χ2v) is 8.63. The number of sulfonamides is 1. The van der Waals surface area contributed by atoms with Crippen LogP contribution in [0, 0.1) is 0 Å². The van der Waals surface area contributed by atoms with Crippen LogP contribution in [0.25, 0.3) is 11.4 Å². The fourth-order valence-electron chi connectivity index (χ4n) is 2.84. The molecule has 0 aliphatic carbocycles. The Morgan fingerprint density at radius 3 is 2.62 bits per heavy atom. The third kappa shape index (κ3) is 3.51. The van der Waals surface area contributed by atoms with Crippen molar-refractivity contribution in [2.75, 3.05) is 13.1 Å². The van der Waals surface area contributed by atoms with E-state index in [1.807, 2.05) is 42.5 Å². The summed E-state index contributed by atoms with van der Waals surface area (Å²) in [6, 6.07) is 16.3. The van der Waals surface area contributed by atoms with Gasteiger partial charge in [0.2, 0.25) is 21.7 Å². The number of aromatic nitrogens is 2. The quantitative estimate of drug-likeness (QED) is 0.669. The standard InChI is InChI=1S/C18H16ClN3O3S/c19-16-8-4-7-14(9-16)17-20-18(25-21-17)15-10-22(11-15)26(23,24)12-13-5-2-1-3-6-13/h1-9,15H,10-12H2. The van der Waals surface area contributed by atoms with Gasteiger partial charge >= 0.3 is 0 Å². The van der Waals surface area contributed by atoms with E-state index in [0.717, 1.165) is 11.1 Å². The predicted molar refractivity (Wildman–Crippen MR) is 98.1 cm³/mol. The Balaban J connectivity index is 1.42. The third-order valence-electron chi connectivity index (χ3n) is 4.31. The summed E-state index contributed by atoms with van der Waals surface area (Å²) in [5.74, 6) is 0.818. The topological polar surface area (TPSA) is 76.3 Å². The van der Waals surface area contributed by atoms with E-state index < -0.39 is 10.0 Å². The van der Waals surface area contributed by atoms with Crippen molar-refractivity contribution in [3.8, 4) is 11.4 Å². The zero-order chi connectivity index (χ0) is 18.1. The molecular weight excluding hydrogens is 374 g/mol. The molecule has 3 aromatic rings. The molecule has 4 rings (SSSR count). The summed E-state index contributed by atoms with van der Waals surface area (Å²) in [5, 5.41) is 4.57. The molecule has 2 aromatic carbocycles. The predicted octanol–water partition coefficient (Wildman–Crippen LogP) is 3.32. The van der Waals surface area contributed by atoms with Crippen LogP contribution in [0.4, 0.5) is 0 Å². The molecule has 26 heavy (non-hydrogen) atoms. The van der Waals surface area contributed by atoms with Crippen molar-refractivity contribution in [3.05, 3.63) is 71.1 Å². The largest absolute Gasteiger partial charge is 0.339 e. The lowest BCUT2D eigenvalue weighted by atomic mass is 10.0. The molecule has 0 N–H and O–H groups in total. The minimum atomic E-state index is -3.34. The van der Waals surface area contributed by atoms with E-state index in [1.165, 1.54) is 4.31 Å². The molecule has 0 saturated carbocycles. The first-order valence-corrected chi connectivity index (χ1v) is 10.1. The normalized spacial score (nSPS) is 15.7. The maximum Gasteiger partial charge on any atom is 0.232 e. The van der Waals surface area contributed by atoms with E-state index in [4.69, 9.17) is 16.1 Å². The first-order valence-electron chi connectivity index (χ1n) is 8.12. The van der Waals surface area contributed by atoms with Gasteiger partial charge in [-0.05, 0) is 17.7 Å². The summed E-state index contributed by atoms with van der Waals surface area (Å²) in [5.41, 5.74) is 1.54. The number of rotatable bonds is 5. The van der Waals surface area contributed by atoms with Crippen LogP contribution in [0.15, 0.2) is 59.1 Å². The zero-order valence-electron chi connectivity index (χ0n) is 13.7. The van der Waals surface area contributed by atoms with Crippen LogP contribution in [0.5, 0.6) is 0 Å². The van der Waals surface area contributed by atoms with E-state index in [0.29, 0.717) is 29.8 Å². The molecule has 0 radical (unpaired) electrons. The summed E-state index contributed by atoms with van der Waals surface area (Å²) >= 11 is 5.98. The summed E-state index contributed by atoms with van der Waals surface area (Å²) in [7, 11) is -3.34. The molecule has 1 fully saturated rings. The molecule has 6 nitrogen and oxygen atoms in total. The Kier molecular flexibility index (Phi) is 4.52. The molecule has 2 heterocycles. The molecule has 134 valence electrons. The minimum Gasteiger partial charge on any atom is -0.339 e. The Labute approximate surface area is 156 Å². The molecule has 1 saturated heterocycles. The van der Waals surface area contributed by atoms with Gasteiger partial charge in [-0.15, -0.1) is 0 Å². The maximum absolute atomic E-state index is 12.5. The van der Waals surface area contributed by atoms with E-state index in [2.05, 4.69) is 10.1 Å². The molecule has 1 aromatic heterocycles. The van der Waals surface area contributed by atoms with E-state index in [-0.39, 0.29) is 11.7 Å². The van der Waals surface area contributed by atoms with Crippen molar-refractivity contribution < 1.29 is 12.9 Å². The van der Waals surface area contributed by atoms with Crippen molar-refractivity contribution in [2.24, 2.45) is 0 Å².